The quantitative estimate of drug-likeness (QED) is 0.0212. The van der Waals surface area contributed by atoms with E-state index in [0.717, 1.165) is 70.6 Å². The van der Waals surface area contributed by atoms with Crippen LogP contribution in [-0.2, 0) is 27.9 Å². The van der Waals surface area contributed by atoms with Crippen LogP contribution in [0.5, 0.6) is 0 Å². The third kappa shape index (κ3) is 71.8. The zero-order valence-electron chi connectivity index (χ0n) is 61.3. The summed E-state index contributed by atoms with van der Waals surface area (Å²) in [6.07, 6.45) is 92.2. The fraction of sp³-hybridized carbons (Fsp3) is 0.852. The van der Waals surface area contributed by atoms with Crippen molar-refractivity contribution in [2.45, 2.75) is 405 Å². The van der Waals surface area contributed by atoms with Gasteiger partial charge in [0, 0.05) is 12.8 Å². The van der Waals surface area contributed by atoms with E-state index in [4.69, 9.17) is 13.8 Å². The molecule has 0 fully saturated rings. The predicted molar refractivity (Wildman–Crippen MR) is 395 cm³/mol. The van der Waals surface area contributed by atoms with Crippen LogP contribution < -0.4 is 10.2 Å². The normalized spacial score (nSPS) is 13.7. The number of esters is 1. The van der Waals surface area contributed by atoms with E-state index in [1.54, 1.807) is 0 Å². The van der Waals surface area contributed by atoms with Crippen molar-refractivity contribution in [3.8, 4) is 0 Å². The Kier molecular flexibility index (Phi) is 68.7. The summed E-state index contributed by atoms with van der Waals surface area (Å²) in [6.45, 7) is 6.88. The number of likely N-dealkylation sites (N-methyl/N-ethyl adjacent to an activating group) is 1. The summed E-state index contributed by atoms with van der Waals surface area (Å²) in [5, 5.41) is 3.06. The molecule has 0 aliphatic rings. The molecule has 0 aromatic heterocycles. The zero-order chi connectivity index (χ0) is 66.3. The second-order valence-corrected chi connectivity index (χ2v) is 29.6. The Hall–Kier alpha value is -2.29. The first-order valence-electron chi connectivity index (χ1n) is 39.6. The number of hydrogen-bond acceptors (Lipinski definition) is 7. The minimum absolute atomic E-state index is 0.0216. The van der Waals surface area contributed by atoms with Gasteiger partial charge in [0.15, 0.2) is 0 Å². The second-order valence-electron chi connectivity index (χ2n) is 28.2. The maximum atomic E-state index is 13.7. The Morgan fingerprint density at radius 2 is 0.670 bits per heavy atom. The van der Waals surface area contributed by atoms with Crippen LogP contribution in [0.15, 0.2) is 60.8 Å². The van der Waals surface area contributed by atoms with Gasteiger partial charge in [-0.15, -0.1) is 0 Å². The molecule has 534 valence electrons. The van der Waals surface area contributed by atoms with Crippen LogP contribution in [0.25, 0.3) is 0 Å². The third-order valence-electron chi connectivity index (χ3n) is 17.9. The van der Waals surface area contributed by atoms with Crippen molar-refractivity contribution < 1.29 is 37.3 Å². The topological polar surface area (TPSA) is 114 Å². The number of unbranched alkanes of at least 4 members (excludes halogenated alkanes) is 49. The lowest BCUT2D eigenvalue weighted by atomic mass is 10.0. The number of phosphoric acid groups is 1. The number of hydrogen-bond donors (Lipinski definition) is 1. The lowest BCUT2D eigenvalue weighted by Crippen LogP contribution is -2.47. The van der Waals surface area contributed by atoms with Crippen LogP contribution in [0.1, 0.15) is 393 Å². The van der Waals surface area contributed by atoms with Gasteiger partial charge in [-0.2, -0.15) is 0 Å². The largest absolute Gasteiger partial charge is 0.756 e. The molecule has 0 aromatic carbocycles. The molecular weight excluding hydrogens is 1140 g/mol. The standard InChI is InChI=1S/C81H153N2O7P/c1-7-10-13-16-19-22-25-28-30-32-34-36-38-40-41-43-45-47-49-51-53-56-59-62-65-68-71-74-81(85)90-79(72-69-66-63-60-57-54-27-24-21-18-15-12-9-3)78(77-89-91(86,87)88-76-75-83(4,5)6)82-80(84)73-70-67-64-61-58-55-52-50-48-46-44-42-39-37-35-33-31-29-26-23-20-17-14-11-8-2/h20,23,28-31,35,37,69,72,78-79H,7-19,21-22,24-27,32-34,36,38-68,70-71,73-77H2,1-6H3,(H-,82,84,86,87)/b23-20-,30-28+,31-29-,37-35-,72-69+. The van der Waals surface area contributed by atoms with Crippen molar-refractivity contribution in [2.24, 2.45) is 0 Å². The molecule has 0 spiro atoms. The number of carbonyl (C=O) groups is 2. The van der Waals surface area contributed by atoms with E-state index in [-0.39, 0.29) is 31.5 Å². The highest BCUT2D eigenvalue weighted by Crippen LogP contribution is 2.38. The first-order valence-corrected chi connectivity index (χ1v) is 41.1. The number of quaternary nitrogens is 1. The number of phosphoric ester groups is 1. The van der Waals surface area contributed by atoms with E-state index >= 15 is 0 Å². The smallest absolute Gasteiger partial charge is 0.306 e. The zero-order valence-corrected chi connectivity index (χ0v) is 62.2. The molecule has 0 heterocycles. The van der Waals surface area contributed by atoms with Crippen LogP contribution in [-0.4, -0.2) is 69.4 Å². The number of ether oxygens (including phenoxy) is 1. The molecular formula is C81H153N2O7P. The van der Waals surface area contributed by atoms with Gasteiger partial charge < -0.3 is 28.5 Å². The van der Waals surface area contributed by atoms with E-state index in [0.29, 0.717) is 17.4 Å². The number of allylic oxidation sites excluding steroid dienone is 9. The molecule has 1 amide bonds. The summed E-state index contributed by atoms with van der Waals surface area (Å²) in [5.41, 5.74) is 0. The Bertz CT molecular complexity index is 1740. The monoisotopic (exact) mass is 1300 g/mol. The molecule has 0 radical (unpaired) electrons. The fourth-order valence-electron chi connectivity index (χ4n) is 11.8. The van der Waals surface area contributed by atoms with Gasteiger partial charge in [-0.05, 0) is 96.0 Å². The molecule has 0 bridgehead atoms. The Balaban J connectivity index is 4.96. The molecule has 0 rings (SSSR count). The van der Waals surface area contributed by atoms with E-state index in [9.17, 15) is 19.0 Å². The Morgan fingerprint density at radius 1 is 0.385 bits per heavy atom. The van der Waals surface area contributed by atoms with Crippen LogP contribution in [0.4, 0.5) is 0 Å². The SMILES string of the molecule is CCCCC/C=C\C/C=C\C/C=C\CCCCCCCCCCCCCCC(=O)NC(COP(=O)([O-])OCC[N+](C)(C)C)C(/C=C/CCCCCCCCCCCCC)OC(=O)CCCCCCCCCCCCCCCCCCC/C=C/CCCCCCCC. The van der Waals surface area contributed by atoms with Crippen molar-refractivity contribution in [2.75, 3.05) is 40.9 Å². The maximum Gasteiger partial charge on any atom is 0.306 e. The minimum atomic E-state index is -4.71. The van der Waals surface area contributed by atoms with Gasteiger partial charge in [0.1, 0.15) is 19.3 Å². The fourth-order valence-corrected chi connectivity index (χ4v) is 12.5. The number of rotatable bonds is 73. The predicted octanol–water partition coefficient (Wildman–Crippen LogP) is 25.1. The minimum Gasteiger partial charge on any atom is -0.756 e. The molecule has 3 unspecified atom stereocenters. The molecule has 0 saturated heterocycles. The number of nitrogens with zero attached hydrogens (tertiary/aromatic N) is 1. The van der Waals surface area contributed by atoms with Crippen molar-refractivity contribution in [1.82, 2.24) is 5.32 Å². The number of carbonyl (C=O) groups excluding carboxylic acids is 2. The maximum absolute atomic E-state index is 13.7. The molecule has 3 atom stereocenters. The van der Waals surface area contributed by atoms with E-state index < -0.39 is 20.0 Å². The van der Waals surface area contributed by atoms with Crippen molar-refractivity contribution in [3.05, 3.63) is 60.8 Å². The van der Waals surface area contributed by atoms with Gasteiger partial charge in [-0.3, -0.25) is 14.2 Å². The Labute approximate surface area is 566 Å². The van der Waals surface area contributed by atoms with Crippen LogP contribution >= 0.6 is 7.82 Å². The van der Waals surface area contributed by atoms with Crippen LogP contribution in [0, 0.1) is 0 Å². The van der Waals surface area contributed by atoms with E-state index in [1.807, 2.05) is 33.3 Å². The highest BCUT2D eigenvalue weighted by molar-refractivity contribution is 7.45. The molecule has 0 saturated carbocycles. The van der Waals surface area contributed by atoms with Gasteiger partial charge in [-0.25, -0.2) is 0 Å². The van der Waals surface area contributed by atoms with Crippen LogP contribution in [0.2, 0.25) is 0 Å². The molecule has 0 aliphatic carbocycles. The van der Waals surface area contributed by atoms with Crippen molar-refractivity contribution in [3.63, 3.8) is 0 Å². The lowest BCUT2D eigenvalue weighted by molar-refractivity contribution is -0.870. The summed E-state index contributed by atoms with van der Waals surface area (Å²) >= 11 is 0. The average molecular weight is 1300 g/mol. The van der Waals surface area contributed by atoms with Gasteiger partial charge >= 0.3 is 5.97 Å². The molecule has 10 heteroatoms. The first-order chi connectivity index (χ1) is 44.4. The molecule has 0 aliphatic heterocycles. The lowest BCUT2D eigenvalue weighted by Gasteiger charge is -2.30. The van der Waals surface area contributed by atoms with Gasteiger partial charge in [0.2, 0.25) is 5.91 Å². The van der Waals surface area contributed by atoms with Crippen molar-refractivity contribution >= 4 is 19.7 Å². The summed E-state index contributed by atoms with van der Waals surface area (Å²) in [5.74, 6) is -0.524. The molecule has 0 aromatic rings. The summed E-state index contributed by atoms with van der Waals surface area (Å²) in [4.78, 5) is 40.3. The number of nitrogens with one attached hydrogen (secondary N) is 1. The Morgan fingerprint density at radius 3 is 1.03 bits per heavy atom. The highest BCUT2D eigenvalue weighted by atomic mass is 31.2. The van der Waals surface area contributed by atoms with Crippen molar-refractivity contribution in [1.29, 1.82) is 0 Å². The highest BCUT2D eigenvalue weighted by Gasteiger charge is 2.27. The van der Waals surface area contributed by atoms with Gasteiger partial charge in [-0.1, -0.05) is 345 Å². The average Bonchev–Trinajstić information content (AvgIpc) is 3.73. The molecule has 9 nitrogen and oxygen atoms in total. The second kappa shape index (κ2) is 70.5. The summed E-state index contributed by atoms with van der Waals surface area (Å²) in [6, 6.07) is -0.891. The summed E-state index contributed by atoms with van der Waals surface area (Å²) in [7, 11) is 1.20. The number of amides is 1. The molecule has 1 N–H and O–H groups in total. The third-order valence-corrected chi connectivity index (χ3v) is 18.9. The van der Waals surface area contributed by atoms with E-state index in [1.165, 1.54) is 289 Å². The summed E-state index contributed by atoms with van der Waals surface area (Å²) < 4.78 is 30.6. The first kappa shape index (κ1) is 88.7. The molecule has 91 heavy (non-hydrogen) atoms. The van der Waals surface area contributed by atoms with E-state index in [2.05, 4.69) is 74.7 Å². The van der Waals surface area contributed by atoms with Crippen LogP contribution in [0.3, 0.4) is 0 Å². The van der Waals surface area contributed by atoms with Gasteiger partial charge in [0.25, 0.3) is 7.82 Å². The van der Waals surface area contributed by atoms with Gasteiger partial charge in [0.05, 0.1) is 33.8 Å².